The number of hydrogen-bond acceptors (Lipinski definition) is 3. The summed E-state index contributed by atoms with van der Waals surface area (Å²) in [5.74, 6) is 0. The third-order valence-electron chi connectivity index (χ3n) is 1.90. The molecule has 2 aromatic heterocycles. The van der Waals surface area contributed by atoms with Crippen LogP contribution in [0.2, 0.25) is 5.15 Å². The molecule has 2 aromatic rings. The first-order valence-corrected chi connectivity index (χ1v) is 4.55. The van der Waals surface area contributed by atoms with Crippen LogP contribution in [-0.4, -0.2) is 20.0 Å². The van der Waals surface area contributed by atoms with Crippen LogP contribution in [0.3, 0.4) is 0 Å². The van der Waals surface area contributed by atoms with E-state index in [0.29, 0.717) is 5.15 Å². The van der Waals surface area contributed by atoms with E-state index in [1.807, 2.05) is 26.1 Å². The molecule has 0 aliphatic carbocycles. The summed E-state index contributed by atoms with van der Waals surface area (Å²) < 4.78 is 1.77. The molecule has 0 N–H and O–H groups in total. The summed E-state index contributed by atoms with van der Waals surface area (Å²) in [5, 5.41) is 12.4. The lowest BCUT2D eigenvalue weighted by atomic mass is 10.3. The van der Waals surface area contributed by atoms with Crippen molar-refractivity contribution >= 4 is 11.6 Å². The number of nitrogens with zero attached hydrogens (tertiary/aromatic N) is 4. The largest absolute Gasteiger partial charge is 0.266 e. The van der Waals surface area contributed by atoms with Crippen molar-refractivity contribution in [1.82, 2.24) is 20.0 Å². The standard InChI is InChI=1S/C9H9ClN4/c1-6-5-8(14(2)13-6)7-3-4-9(10)12-11-7/h3-5H,1-2H3. The molecule has 0 atom stereocenters. The predicted molar refractivity (Wildman–Crippen MR) is 54.0 cm³/mol. The van der Waals surface area contributed by atoms with Gasteiger partial charge in [0.15, 0.2) is 5.15 Å². The zero-order chi connectivity index (χ0) is 10.1. The summed E-state index contributed by atoms with van der Waals surface area (Å²) in [6, 6.07) is 5.50. The molecule has 0 aliphatic rings. The highest BCUT2D eigenvalue weighted by molar-refractivity contribution is 6.29. The smallest absolute Gasteiger partial charge is 0.151 e. The minimum absolute atomic E-state index is 0.396. The molecule has 0 fully saturated rings. The van der Waals surface area contributed by atoms with Gasteiger partial charge in [0.05, 0.1) is 11.4 Å². The molecule has 0 spiro atoms. The van der Waals surface area contributed by atoms with Gasteiger partial charge in [-0.2, -0.15) is 5.10 Å². The van der Waals surface area contributed by atoms with E-state index in [1.54, 1.807) is 10.7 Å². The van der Waals surface area contributed by atoms with E-state index in [1.165, 1.54) is 0 Å². The van der Waals surface area contributed by atoms with Crippen molar-refractivity contribution in [2.45, 2.75) is 6.92 Å². The summed E-state index contributed by atoms with van der Waals surface area (Å²) in [6.45, 7) is 1.94. The highest BCUT2D eigenvalue weighted by atomic mass is 35.5. The first-order valence-electron chi connectivity index (χ1n) is 4.17. The predicted octanol–water partition coefficient (Wildman–Crippen LogP) is 1.84. The Hall–Kier alpha value is -1.42. The normalized spacial score (nSPS) is 10.5. The molecule has 0 aliphatic heterocycles. The van der Waals surface area contributed by atoms with E-state index in [-0.39, 0.29) is 0 Å². The third-order valence-corrected chi connectivity index (χ3v) is 2.10. The van der Waals surface area contributed by atoms with Gasteiger partial charge in [-0.05, 0) is 25.1 Å². The van der Waals surface area contributed by atoms with Gasteiger partial charge in [0.1, 0.15) is 5.69 Å². The highest BCUT2D eigenvalue weighted by Crippen LogP contribution is 2.17. The van der Waals surface area contributed by atoms with Gasteiger partial charge in [0.2, 0.25) is 0 Å². The topological polar surface area (TPSA) is 43.6 Å². The quantitative estimate of drug-likeness (QED) is 0.718. The van der Waals surface area contributed by atoms with E-state index in [2.05, 4.69) is 15.3 Å². The Kier molecular flexibility index (Phi) is 2.21. The average molecular weight is 209 g/mol. The van der Waals surface area contributed by atoms with Gasteiger partial charge in [0.25, 0.3) is 0 Å². The molecule has 0 saturated heterocycles. The fourth-order valence-electron chi connectivity index (χ4n) is 1.30. The number of halogens is 1. The highest BCUT2D eigenvalue weighted by Gasteiger charge is 2.06. The van der Waals surface area contributed by atoms with Gasteiger partial charge in [-0.1, -0.05) is 11.6 Å². The molecule has 0 radical (unpaired) electrons. The van der Waals surface area contributed by atoms with Crippen LogP contribution < -0.4 is 0 Å². The van der Waals surface area contributed by atoms with Crippen molar-refractivity contribution in [3.63, 3.8) is 0 Å². The van der Waals surface area contributed by atoms with E-state index in [4.69, 9.17) is 11.6 Å². The van der Waals surface area contributed by atoms with Crippen LogP contribution in [0, 0.1) is 6.92 Å². The Morgan fingerprint density at radius 2 is 2.07 bits per heavy atom. The van der Waals surface area contributed by atoms with Crippen molar-refractivity contribution in [2.75, 3.05) is 0 Å². The van der Waals surface area contributed by atoms with Crippen LogP contribution in [0.15, 0.2) is 18.2 Å². The van der Waals surface area contributed by atoms with Crippen molar-refractivity contribution in [2.24, 2.45) is 7.05 Å². The zero-order valence-electron chi connectivity index (χ0n) is 7.90. The van der Waals surface area contributed by atoms with Gasteiger partial charge >= 0.3 is 0 Å². The molecule has 2 heterocycles. The second-order valence-corrected chi connectivity index (χ2v) is 3.42. The van der Waals surface area contributed by atoms with Crippen LogP contribution in [0.1, 0.15) is 5.69 Å². The first-order chi connectivity index (χ1) is 6.66. The summed E-state index contributed by atoms with van der Waals surface area (Å²) in [7, 11) is 1.87. The number of aryl methyl sites for hydroxylation is 2. The van der Waals surface area contributed by atoms with E-state index < -0.39 is 0 Å². The van der Waals surface area contributed by atoms with Crippen LogP contribution >= 0.6 is 11.6 Å². The van der Waals surface area contributed by atoms with Gasteiger partial charge in [-0.3, -0.25) is 4.68 Å². The lowest BCUT2D eigenvalue weighted by molar-refractivity contribution is 0.760. The second kappa shape index (κ2) is 3.38. The Morgan fingerprint density at radius 1 is 1.29 bits per heavy atom. The van der Waals surface area contributed by atoms with Gasteiger partial charge < -0.3 is 0 Å². The molecule has 14 heavy (non-hydrogen) atoms. The molecule has 72 valence electrons. The SMILES string of the molecule is Cc1cc(-c2ccc(Cl)nn2)n(C)n1. The molecule has 4 nitrogen and oxygen atoms in total. The van der Waals surface area contributed by atoms with E-state index in [0.717, 1.165) is 17.1 Å². The summed E-state index contributed by atoms with van der Waals surface area (Å²) in [4.78, 5) is 0. The zero-order valence-corrected chi connectivity index (χ0v) is 8.65. The fraction of sp³-hybridized carbons (Fsp3) is 0.222. The second-order valence-electron chi connectivity index (χ2n) is 3.04. The number of aromatic nitrogens is 4. The molecular formula is C9H9ClN4. The molecule has 0 amide bonds. The minimum atomic E-state index is 0.396. The molecule has 2 rings (SSSR count). The lowest BCUT2D eigenvalue weighted by Gasteiger charge is -1.98. The van der Waals surface area contributed by atoms with Crippen molar-refractivity contribution in [3.05, 3.63) is 29.0 Å². The number of rotatable bonds is 1. The van der Waals surface area contributed by atoms with Crippen molar-refractivity contribution < 1.29 is 0 Å². The fourth-order valence-corrected chi connectivity index (χ4v) is 1.40. The van der Waals surface area contributed by atoms with E-state index in [9.17, 15) is 0 Å². The van der Waals surface area contributed by atoms with Crippen LogP contribution in [0.5, 0.6) is 0 Å². The van der Waals surface area contributed by atoms with Crippen molar-refractivity contribution in [3.8, 4) is 11.4 Å². The lowest BCUT2D eigenvalue weighted by Crippen LogP contribution is -1.96. The molecule has 0 aromatic carbocycles. The maximum Gasteiger partial charge on any atom is 0.151 e. The van der Waals surface area contributed by atoms with E-state index >= 15 is 0 Å². The summed E-state index contributed by atoms with van der Waals surface area (Å²) in [6.07, 6.45) is 0. The monoisotopic (exact) mass is 208 g/mol. The summed E-state index contributed by atoms with van der Waals surface area (Å²) in [5.41, 5.74) is 2.67. The van der Waals surface area contributed by atoms with Gasteiger partial charge in [-0.25, -0.2) is 0 Å². The van der Waals surface area contributed by atoms with Crippen LogP contribution in [0.4, 0.5) is 0 Å². The maximum atomic E-state index is 5.65. The molecule has 0 saturated carbocycles. The third kappa shape index (κ3) is 1.61. The van der Waals surface area contributed by atoms with Crippen LogP contribution in [-0.2, 0) is 7.05 Å². The number of hydrogen-bond donors (Lipinski definition) is 0. The van der Waals surface area contributed by atoms with Crippen LogP contribution in [0.25, 0.3) is 11.4 Å². The Labute approximate surface area is 86.5 Å². The van der Waals surface area contributed by atoms with Gasteiger partial charge in [-0.15, -0.1) is 10.2 Å². The average Bonchev–Trinajstić information content (AvgIpc) is 2.47. The molecule has 0 bridgehead atoms. The Morgan fingerprint density at radius 3 is 2.57 bits per heavy atom. The summed E-state index contributed by atoms with van der Waals surface area (Å²) >= 11 is 5.65. The Bertz CT molecular complexity index is 446. The molecule has 0 unspecified atom stereocenters. The Balaban J connectivity index is 2.49. The maximum absolute atomic E-state index is 5.65. The molecule has 5 heteroatoms. The van der Waals surface area contributed by atoms with Gasteiger partial charge in [0, 0.05) is 7.05 Å². The molecular weight excluding hydrogens is 200 g/mol. The van der Waals surface area contributed by atoms with Crippen molar-refractivity contribution in [1.29, 1.82) is 0 Å². The minimum Gasteiger partial charge on any atom is -0.266 e. The first kappa shape index (κ1) is 9.15.